The Kier molecular flexibility index (Phi) is 9.22. The highest BCUT2D eigenvalue weighted by atomic mass is 35.5. The zero-order chi connectivity index (χ0) is 19.0. The second-order valence-corrected chi connectivity index (χ2v) is 6.32. The molecule has 0 aliphatic carbocycles. The Hall–Kier alpha value is -1.33. The molecule has 1 N–H and O–H groups in total. The molecule has 1 atom stereocenters. The molecule has 0 radical (unpaired) electrons. The van der Waals surface area contributed by atoms with Gasteiger partial charge in [-0.15, -0.1) is 0 Å². The van der Waals surface area contributed by atoms with E-state index < -0.39 is 12.1 Å². The first-order valence-electron chi connectivity index (χ1n) is 7.17. The maximum Gasteiger partial charge on any atom is 0.347 e. The van der Waals surface area contributed by atoms with Gasteiger partial charge in [0.25, 0.3) is 0 Å². The molecule has 0 saturated heterocycles. The highest BCUT2D eigenvalue weighted by Gasteiger charge is 2.15. The molecule has 25 heavy (non-hydrogen) atoms. The van der Waals surface area contributed by atoms with E-state index in [9.17, 15) is 4.79 Å². The fraction of sp³-hybridized carbons (Fsp3) is 0.235. The third kappa shape index (κ3) is 7.61. The van der Waals surface area contributed by atoms with Crippen LogP contribution in [-0.4, -0.2) is 23.8 Å². The lowest BCUT2D eigenvalue weighted by molar-refractivity contribution is -0.150. The van der Waals surface area contributed by atoms with Crippen LogP contribution < -0.4 is 4.74 Å². The SMILES string of the molecule is CCOC(=O)[C@@H](C)Oc1ccc(Cl)c(Cl)c1.Oc1ccc(Cl)c(Cl)c1. The minimum atomic E-state index is -0.669. The molecule has 0 spiro atoms. The molecule has 0 fully saturated rings. The van der Waals surface area contributed by atoms with Crippen LogP contribution >= 0.6 is 46.4 Å². The number of hydrogen-bond acceptors (Lipinski definition) is 4. The number of carbonyl (C=O) groups is 1. The number of carbonyl (C=O) groups excluding carboxylic acids is 1. The van der Waals surface area contributed by atoms with E-state index in [1.165, 1.54) is 12.1 Å². The van der Waals surface area contributed by atoms with Crippen molar-refractivity contribution in [3.05, 3.63) is 56.5 Å². The van der Waals surface area contributed by atoms with Gasteiger partial charge in [0.05, 0.1) is 26.7 Å². The van der Waals surface area contributed by atoms with Gasteiger partial charge < -0.3 is 14.6 Å². The molecule has 0 bridgehead atoms. The summed E-state index contributed by atoms with van der Waals surface area (Å²) >= 11 is 22.6. The van der Waals surface area contributed by atoms with E-state index in [2.05, 4.69) is 0 Å². The summed E-state index contributed by atoms with van der Waals surface area (Å²) in [5, 5.41) is 10.4. The number of phenolic OH excluding ortho intramolecular Hbond substituents is 1. The lowest BCUT2D eigenvalue weighted by Crippen LogP contribution is -2.26. The maximum absolute atomic E-state index is 11.3. The first-order chi connectivity index (χ1) is 11.7. The predicted octanol–water partition coefficient (Wildman–Crippen LogP) is 6.02. The number of halogens is 4. The molecule has 8 heteroatoms. The van der Waals surface area contributed by atoms with Crippen molar-refractivity contribution in [3.63, 3.8) is 0 Å². The summed E-state index contributed by atoms with van der Waals surface area (Å²) in [6, 6.07) is 9.22. The van der Waals surface area contributed by atoms with Crippen molar-refractivity contribution < 1.29 is 19.4 Å². The van der Waals surface area contributed by atoms with Crippen LogP contribution in [0.15, 0.2) is 36.4 Å². The second-order valence-electron chi connectivity index (χ2n) is 4.69. The van der Waals surface area contributed by atoms with Crippen LogP contribution in [0, 0.1) is 0 Å². The third-order valence-electron chi connectivity index (χ3n) is 2.73. The van der Waals surface area contributed by atoms with Gasteiger partial charge in [-0.25, -0.2) is 4.79 Å². The highest BCUT2D eigenvalue weighted by molar-refractivity contribution is 6.42. The molecular formula is C17H16Cl4O4. The summed E-state index contributed by atoms with van der Waals surface area (Å²) in [5.41, 5.74) is 0. The van der Waals surface area contributed by atoms with Gasteiger partial charge in [0, 0.05) is 6.07 Å². The largest absolute Gasteiger partial charge is 0.508 e. The predicted molar refractivity (Wildman–Crippen MR) is 101 cm³/mol. The molecular weight excluding hydrogens is 410 g/mol. The second kappa shape index (κ2) is 10.6. The van der Waals surface area contributed by atoms with Gasteiger partial charge in [-0.3, -0.25) is 0 Å². The quantitative estimate of drug-likeness (QED) is 0.608. The zero-order valence-corrected chi connectivity index (χ0v) is 16.5. The van der Waals surface area contributed by atoms with Gasteiger partial charge in [-0.2, -0.15) is 0 Å². The Balaban J connectivity index is 0.000000293. The number of hydrogen-bond donors (Lipinski definition) is 1. The Morgan fingerprint density at radius 3 is 2.04 bits per heavy atom. The van der Waals surface area contributed by atoms with E-state index in [0.717, 1.165) is 0 Å². The van der Waals surface area contributed by atoms with Crippen molar-refractivity contribution in [2.75, 3.05) is 6.61 Å². The molecule has 0 aliphatic heterocycles. The monoisotopic (exact) mass is 424 g/mol. The molecule has 0 aliphatic rings. The summed E-state index contributed by atoms with van der Waals surface area (Å²) in [7, 11) is 0. The number of aromatic hydroxyl groups is 1. The molecule has 0 unspecified atom stereocenters. The Morgan fingerprint density at radius 1 is 1.00 bits per heavy atom. The lowest BCUT2D eigenvalue weighted by atomic mass is 10.3. The van der Waals surface area contributed by atoms with Gasteiger partial charge in [0.15, 0.2) is 6.10 Å². The van der Waals surface area contributed by atoms with Gasteiger partial charge in [-0.05, 0) is 44.2 Å². The minimum Gasteiger partial charge on any atom is -0.508 e. The summed E-state index contributed by atoms with van der Waals surface area (Å²) in [5.74, 6) is 0.202. The zero-order valence-electron chi connectivity index (χ0n) is 13.4. The molecule has 2 aromatic carbocycles. The lowest BCUT2D eigenvalue weighted by Gasteiger charge is -2.13. The van der Waals surface area contributed by atoms with Crippen LogP contribution in [0.4, 0.5) is 0 Å². The first-order valence-corrected chi connectivity index (χ1v) is 8.68. The summed E-state index contributed by atoms with van der Waals surface area (Å²) in [6.07, 6.45) is -0.669. The average molecular weight is 426 g/mol. The Bertz CT molecular complexity index is 722. The van der Waals surface area contributed by atoms with Crippen LogP contribution in [0.25, 0.3) is 0 Å². The fourth-order valence-electron chi connectivity index (χ4n) is 1.55. The van der Waals surface area contributed by atoms with E-state index in [4.69, 9.17) is 61.0 Å². The van der Waals surface area contributed by atoms with Crippen molar-refractivity contribution in [2.45, 2.75) is 20.0 Å². The molecule has 0 saturated carbocycles. The normalized spacial score (nSPS) is 11.1. The van der Waals surface area contributed by atoms with E-state index in [-0.39, 0.29) is 5.75 Å². The highest BCUT2D eigenvalue weighted by Crippen LogP contribution is 2.27. The van der Waals surface area contributed by atoms with Gasteiger partial charge in [0.2, 0.25) is 0 Å². The maximum atomic E-state index is 11.3. The van der Waals surface area contributed by atoms with Crippen molar-refractivity contribution in [2.24, 2.45) is 0 Å². The molecule has 136 valence electrons. The standard InChI is InChI=1S/C11H12Cl2O3.C6H4Cl2O/c1-3-15-11(14)7(2)16-8-4-5-9(12)10(13)6-8;7-5-2-1-4(9)3-6(5)8/h4-7H,3H2,1-2H3;1-3,9H/t7-;/m1./s1. The number of phenols is 1. The number of ether oxygens (including phenoxy) is 2. The van der Waals surface area contributed by atoms with Crippen LogP contribution in [-0.2, 0) is 9.53 Å². The molecule has 4 nitrogen and oxygen atoms in total. The Morgan fingerprint density at radius 2 is 1.56 bits per heavy atom. The smallest absolute Gasteiger partial charge is 0.347 e. The minimum absolute atomic E-state index is 0.129. The van der Waals surface area contributed by atoms with Crippen molar-refractivity contribution >= 4 is 52.4 Å². The summed E-state index contributed by atoms with van der Waals surface area (Å²) in [4.78, 5) is 11.3. The molecule has 2 aromatic rings. The average Bonchev–Trinajstić information content (AvgIpc) is 2.55. The van der Waals surface area contributed by atoms with Crippen LogP contribution in [0.5, 0.6) is 11.5 Å². The van der Waals surface area contributed by atoms with Crippen LogP contribution in [0.1, 0.15) is 13.8 Å². The topological polar surface area (TPSA) is 55.8 Å². The van der Waals surface area contributed by atoms with E-state index in [1.54, 1.807) is 38.1 Å². The van der Waals surface area contributed by atoms with E-state index in [1.807, 2.05) is 0 Å². The third-order valence-corrected chi connectivity index (χ3v) is 4.20. The fourth-order valence-corrected chi connectivity index (χ4v) is 2.13. The van der Waals surface area contributed by atoms with E-state index in [0.29, 0.717) is 32.4 Å². The van der Waals surface area contributed by atoms with Gasteiger partial charge >= 0.3 is 5.97 Å². The summed E-state index contributed by atoms with van der Waals surface area (Å²) < 4.78 is 10.2. The van der Waals surface area contributed by atoms with Crippen molar-refractivity contribution in [3.8, 4) is 11.5 Å². The molecule has 0 amide bonds. The van der Waals surface area contributed by atoms with Crippen molar-refractivity contribution in [1.82, 2.24) is 0 Å². The Labute approximate surface area is 166 Å². The summed E-state index contributed by atoms with van der Waals surface area (Å²) in [6.45, 7) is 3.68. The van der Waals surface area contributed by atoms with E-state index >= 15 is 0 Å². The van der Waals surface area contributed by atoms with Gasteiger partial charge in [0.1, 0.15) is 11.5 Å². The first kappa shape index (κ1) is 21.7. The van der Waals surface area contributed by atoms with Crippen LogP contribution in [0.2, 0.25) is 20.1 Å². The number of benzene rings is 2. The number of rotatable bonds is 4. The molecule has 2 rings (SSSR count). The molecule has 0 aromatic heterocycles. The van der Waals surface area contributed by atoms with Crippen molar-refractivity contribution in [1.29, 1.82) is 0 Å². The molecule has 0 heterocycles. The van der Waals surface area contributed by atoms with Crippen LogP contribution in [0.3, 0.4) is 0 Å². The van der Waals surface area contributed by atoms with Gasteiger partial charge in [-0.1, -0.05) is 46.4 Å². The number of esters is 1.